The molecule has 208 valence electrons. The Kier molecular flexibility index (Phi) is 8.59. The molecule has 1 fully saturated rings. The molecule has 8 nitrogen and oxygen atoms in total. The van der Waals surface area contributed by atoms with Crippen LogP contribution in [0.3, 0.4) is 0 Å². The highest BCUT2D eigenvalue weighted by atomic mass is 35.5. The second-order valence-corrected chi connectivity index (χ2v) is 12.7. The van der Waals surface area contributed by atoms with E-state index >= 15 is 0 Å². The first-order valence-corrected chi connectivity index (χ1v) is 14.9. The molecule has 1 aliphatic rings. The maximum absolute atomic E-state index is 14.4. The smallest absolute Gasteiger partial charge is 0.233 e. The normalized spacial score (nSPS) is 20.5. The van der Waals surface area contributed by atoms with E-state index in [1.54, 1.807) is 24.3 Å². The number of hydrogen-bond acceptors (Lipinski definition) is 5. The van der Waals surface area contributed by atoms with Crippen LogP contribution in [0.5, 0.6) is 5.75 Å². The van der Waals surface area contributed by atoms with Crippen LogP contribution in [-0.4, -0.2) is 46.1 Å². The van der Waals surface area contributed by atoms with Crippen LogP contribution in [-0.2, 0) is 27.2 Å². The van der Waals surface area contributed by atoms with E-state index in [2.05, 4.69) is 5.32 Å². The van der Waals surface area contributed by atoms with Crippen molar-refractivity contribution >= 4 is 47.3 Å². The van der Waals surface area contributed by atoms with Crippen LogP contribution in [0.1, 0.15) is 35.7 Å². The van der Waals surface area contributed by atoms with E-state index in [-0.39, 0.29) is 48.0 Å². The molecule has 2 aromatic carbocycles. The van der Waals surface area contributed by atoms with Gasteiger partial charge in [-0.1, -0.05) is 23.7 Å². The number of alkyl halides is 1. The predicted octanol–water partition coefficient (Wildman–Crippen LogP) is 5.12. The lowest BCUT2D eigenvalue weighted by Crippen LogP contribution is -2.36. The maximum atomic E-state index is 14.4. The van der Waals surface area contributed by atoms with Crippen molar-refractivity contribution in [2.75, 3.05) is 13.0 Å². The Hall–Kier alpha value is -3.07. The van der Waals surface area contributed by atoms with Gasteiger partial charge in [-0.15, -0.1) is 0 Å². The Morgan fingerprint density at radius 3 is 2.62 bits per heavy atom. The highest BCUT2D eigenvalue weighted by Crippen LogP contribution is 2.37. The number of carbonyl (C=O) groups excluding carboxylic acids is 3. The third kappa shape index (κ3) is 6.75. The van der Waals surface area contributed by atoms with E-state index in [9.17, 15) is 32.6 Å². The zero-order valence-electron chi connectivity index (χ0n) is 21.3. The van der Waals surface area contributed by atoms with Crippen LogP contribution in [0, 0.1) is 17.7 Å². The van der Waals surface area contributed by atoms with E-state index in [0.29, 0.717) is 16.5 Å². The van der Waals surface area contributed by atoms with Gasteiger partial charge in [0.1, 0.15) is 17.7 Å². The van der Waals surface area contributed by atoms with Crippen molar-refractivity contribution < 1.29 is 37.4 Å². The molecule has 3 aromatic rings. The number of carbonyl (C=O) groups is 3. The highest BCUT2D eigenvalue weighted by Gasteiger charge is 2.42. The molecular formula is C27H28ClF2N2O6P. The summed E-state index contributed by atoms with van der Waals surface area (Å²) in [6.45, 7) is 2.16. The summed E-state index contributed by atoms with van der Waals surface area (Å²) in [4.78, 5) is 48.1. The van der Waals surface area contributed by atoms with Crippen LogP contribution in [0.2, 0.25) is 5.02 Å². The summed E-state index contributed by atoms with van der Waals surface area (Å²) in [5, 5.41) is 3.06. The molecule has 2 N–H and O–H groups in total. The summed E-state index contributed by atoms with van der Waals surface area (Å²) in [5.41, 5.74) is 1.00. The highest BCUT2D eigenvalue weighted by molar-refractivity contribution is 7.56. The van der Waals surface area contributed by atoms with Gasteiger partial charge in [0.15, 0.2) is 17.9 Å². The Balaban J connectivity index is 1.54. The minimum absolute atomic E-state index is 0.0861. The average molecular weight is 581 g/mol. The van der Waals surface area contributed by atoms with Gasteiger partial charge in [-0.25, -0.2) is 8.78 Å². The summed E-state index contributed by atoms with van der Waals surface area (Å²) in [6, 6.07) is 9.14. The van der Waals surface area contributed by atoms with E-state index in [4.69, 9.17) is 16.3 Å². The molecule has 0 aliphatic heterocycles. The van der Waals surface area contributed by atoms with E-state index < -0.39 is 49.2 Å². The lowest BCUT2D eigenvalue weighted by atomic mass is 9.91. The second kappa shape index (κ2) is 11.6. The number of nitrogens with one attached hydrogen (secondary N) is 1. The molecule has 1 aliphatic carbocycles. The first kappa shape index (κ1) is 28.9. The average Bonchev–Trinajstić information content (AvgIpc) is 3.43. The van der Waals surface area contributed by atoms with Crippen molar-refractivity contribution in [2.24, 2.45) is 11.8 Å². The van der Waals surface area contributed by atoms with Gasteiger partial charge in [-0.3, -0.25) is 18.9 Å². The minimum Gasteiger partial charge on any atom is -0.483 e. The topological polar surface area (TPSA) is 115 Å². The van der Waals surface area contributed by atoms with Crippen molar-refractivity contribution in [1.82, 2.24) is 9.88 Å². The first-order chi connectivity index (χ1) is 18.3. The van der Waals surface area contributed by atoms with Gasteiger partial charge in [0.2, 0.25) is 13.3 Å². The molecule has 12 heteroatoms. The molecule has 4 rings (SSSR count). The Morgan fingerprint density at radius 1 is 1.21 bits per heavy atom. The molecule has 0 spiro atoms. The minimum atomic E-state index is -3.44. The maximum Gasteiger partial charge on any atom is 0.233 e. The molecular weight excluding hydrogens is 553 g/mol. The summed E-state index contributed by atoms with van der Waals surface area (Å²) >= 11 is 5.79. The van der Waals surface area contributed by atoms with Crippen molar-refractivity contribution in [1.29, 1.82) is 0 Å². The zero-order valence-corrected chi connectivity index (χ0v) is 23.0. The van der Waals surface area contributed by atoms with Gasteiger partial charge in [0, 0.05) is 47.9 Å². The van der Waals surface area contributed by atoms with E-state index in [1.807, 2.05) is 0 Å². The SMILES string of the molecule is CC(=O)c1cn(CC(=O)C2C[C@H](F)C[C@H]2C(=O)NCc2cccc(Cl)c2F)c2cc(OCP(C)(=O)O)ccc12. The van der Waals surface area contributed by atoms with Gasteiger partial charge in [-0.2, -0.15) is 0 Å². The molecule has 0 bridgehead atoms. The number of halogens is 3. The number of aromatic nitrogens is 1. The fourth-order valence-corrected chi connectivity index (χ4v) is 5.45. The summed E-state index contributed by atoms with van der Waals surface area (Å²) in [6.07, 6.45) is -0.507. The Labute approximate surface area is 228 Å². The third-order valence-electron chi connectivity index (χ3n) is 6.77. The molecule has 2 unspecified atom stereocenters. The number of benzene rings is 2. The predicted molar refractivity (Wildman–Crippen MR) is 143 cm³/mol. The van der Waals surface area contributed by atoms with Crippen molar-refractivity contribution in [3.05, 3.63) is 64.6 Å². The molecule has 1 heterocycles. The van der Waals surface area contributed by atoms with Crippen LogP contribution >= 0.6 is 19.0 Å². The second-order valence-electron chi connectivity index (χ2n) is 9.91. The fourth-order valence-electron chi connectivity index (χ4n) is 4.87. The Bertz CT molecular complexity index is 1490. The molecule has 1 amide bonds. The number of hydrogen-bond donors (Lipinski definition) is 2. The quantitative estimate of drug-likeness (QED) is 0.254. The largest absolute Gasteiger partial charge is 0.483 e. The van der Waals surface area contributed by atoms with Crippen molar-refractivity contribution in [3.63, 3.8) is 0 Å². The van der Waals surface area contributed by atoms with Crippen LogP contribution in [0.15, 0.2) is 42.6 Å². The van der Waals surface area contributed by atoms with Crippen LogP contribution in [0.4, 0.5) is 8.78 Å². The standard InChI is InChI=1S/C27H28ClF2N2O6P/c1-15(33)22-12-32(24-10-18(6-7-19(22)24)38-14-39(2,36)37)13-25(34)20-8-17(29)9-21(20)27(35)31-11-16-4-3-5-23(28)26(16)30/h3-7,10,12,17,20-21H,8-9,11,13-14H2,1-2H3,(H,31,35)(H,36,37)/t17-,20?,21+/m0/s1. The first-order valence-electron chi connectivity index (χ1n) is 12.3. The lowest BCUT2D eigenvalue weighted by Gasteiger charge is -2.19. The van der Waals surface area contributed by atoms with Gasteiger partial charge in [0.05, 0.1) is 23.0 Å². The fraction of sp³-hybridized carbons (Fsp3) is 0.370. The number of amides is 1. The molecule has 1 aromatic heterocycles. The van der Waals surface area contributed by atoms with Gasteiger partial charge in [0.25, 0.3) is 0 Å². The molecule has 0 radical (unpaired) electrons. The summed E-state index contributed by atoms with van der Waals surface area (Å²) in [5.74, 6) is -3.42. The van der Waals surface area contributed by atoms with Crippen LogP contribution in [0.25, 0.3) is 10.9 Å². The van der Waals surface area contributed by atoms with E-state index in [1.165, 1.54) is 36.5 Å². The third-order valence-corrected chi connectivity index (χ3v) is 7.67. The van der Waals surface area contributed by atoms with Crippen molar-refractivity contribution in [2.45, 2.75) is 39.0 Å². The van der Waals surface area contributed by atoms with Crippen molar-refractivity contribution in [3.8, 4) is 5.75 Å². The summed E-state index contributed by atoms with van der Waals surface area (Å²) in [7, 11) is -3.44. The number of fused-ring (bicyclic) bond motifs is 1. The van der Waals surface area contributed by atoms with E-state index in [0.717, 1.165) is 0 Å². The number of ketones is 2. The summed E-state index contributed by atoms with van der Waals surface area (Å²) < 4.78 is 47.2. The lowest BCUT2D eigenvalue weighted by molar-refractivity contribution is -0.132. The zero-order chi connectivity index (χ0) is 28.5. The molecule has 39 heavy (non-hydrogen) atoms. The monoisotopic (exact) mass is 580 g/mol. The van der Waals surface area contributed by atoms with Crippen LogP contribution < -0.4 is 10.1 Å². The number of Topliss-reactive ketones (excluding diaryl/α,β-unsaturated/α-hetero) is 2. The van der Waals surface area contributed by atoms with Gasteiger partial charge >= 0.3 is 0 Å². The number of rotatable bonds is 10. The number of nitrogens with zero attached hydrogens (tertiary/aromatic N) is 1. The van der Waals surface area contributed by atoms with Gasteiger partial charge in [-0.05, 0) is 38.0 Å². The number of ether oxygens (including phenoxy) is 1. The molecule has 1 saturated carbocycles. The Morgan fingerprint density at radius 2 is 1.92 bits per heavy atom. The van der Waals surface area contributed by atoms with Gasteiger partial charge < -0.3 is 19.5 Å². The molecule has 0 saturated heterocycles. The molecule has 4 atom stereocenters.